The Morgan fingerprint density at radius 1 is 1.17 bits per heavy atom. The number of rotatable bonds is 6. The van der Waals surface area contributed by atoms with Crippen LogP contribution >= 0.6 is 0 Å². The zero-order chi connectivity index (χ0) is 16.9. The van der Waals surface area contributed by atoms with Gasteiger partial charge < -0.3 is 19.1 Å². The van der Waals surface area contributed by atoms with Crippen LogP contribution < -0.4 is 4.74 Å². The number of carbonyl (C=O) groups is 1. The van der Waals surface area contributed by atoms with E-state index in [4.69, 9.17) is 14.6 Å². The molecule has 5 nitrogen and oxygen atoms in total. The lowest BCUT2D eigenvalue weighted by Gasteiger charge is -2.09. The van der Waals surface area contributed by atoms with Crippen molar-refractivity contribution in [1.82, 2.24) is 4.57 Å². The van der Waals surface area contributed by atoms with Crippen molar-refractivity contribution in [3.05, 3.63) is 65.9 Å². The van der Waals surface area contributed by atoms with Gasteiger partial charge in [-0.05, 0) is 41.3 Å². The van der Waals surface area contributed by atoms with E-state index in [1.165, 1.54) is 7.11 Å². The van der Waals surface area contributed by atoms with E-state index in [1.807, 2.05) is 53.2 Å². The maximum absolute atomic E-state index is 11.7. The Balaban J connectivity index is 1.71. The summed E-state index contributed by atoms with van der Waals surface area (Å²) in [6.07, 6.45) is 1.97. The molecule has 1 N–H and O–H groups in total. The Kier molecular flexibility index (Phi) is 4.82. The van der Waals surface area contributed by atoms with Gasteiger partial charge in [0, 0.05) is 11.7 Å². The first-order chi connectivity index (χ1) is 11.7. The van der Waals surface area contributed by atoms with Crippen LogP contribution in [0.4, 0.5) is 0 Å². The second-order valence-corrected chi connectivity index (χ2v) is 5.43. The lowest BCUT2D eigenvalue weighted by Crippen LogP contribution is -2.08. The van der Waals surface area contributed by atoms with Gasteiger partial charge in [-0.25, -0.2) is 4.79 Å². The Bertz CT molecular complexity index is 853. The number of ether oxygens (including phenoxy) is 2. The lowest BCUT2D eigenvalue weighted by molar-refractivity contribution is 0.0601. The molecule has 0 saturated heterocycles. The molecule has 0 atom stereocenters. The second-order valence-electron chi connectivity index (χ2n) is 5.43. The van der Waals surface area contributed by atoms with E-state index >= 15 is 0 Å². The summed E-state index contributed by atoms with van der Waals surface area (Å²) in [7, 11) is 1.37. The molecule has 2 aromatic carbocycles. The molecule has 3 rings (SSSR count). The van der Waals surface area contributed by atoms with Crippen molar-refractivity contribution in [3.63, 3.8) is 0 Å². The number of benzene rings is 2. The van der Waals surface area contributed by atoms with Crippen LogP contribution in [0.2, 0.25) is 0 Å². The topological polar surface area (TPSA) is 60.7 Å². The van der Waals surface area contributed by atoms with Gasteiger partial charge in [0.05, 0.1) is 25.8 Å². The molecular weight excluding hydrogens is 306 g/mol. The van der Waals surface area contributed by atoms with E-state index in [0.29, 0.717) is 18.7 Å². The summed E-state index contributed by atoms with van der Waals surface area (Å²) in [5, 5.41) is 10.2. The van der Waals surface area contributed by atoms with Crippen LogP contribution in [0, 0.1) is 0 Å². The predicted octanol–water partition coefficient (Wildman–Crippen LogP) is 3.00. The number of hydrogen-bond donors (Lipinski definition) is 1. The van der Waals surface area contributed by atoms with Gasteiger partial charge in [-0.1, -0.05) is 18.2 Å². The Labute approximate surface area is 140 Å². The van der Waals surface area contributed by atoms with Crippen LogP contribution in [0.15, 0.2) is 54.7 Å². The number of aliphatic hydroxyl groups is 1. The normalized spacial score (nSPS) is 10.8. The highest BCUT2D eigenvalue weighted by Crippen LogP contribution is 2.19. The van der Waals surface area contributed by atoms with Crippen molar-refractivity contribution in [2.45, 2.75) is 13.2 Å². The number of nitrogens with zero attached hydrogens (tertiary/aromatic N) is 1. The van der Waals surface area contributed by atoms with E-state index in [9.17, 15) is 4.79 Å². The number of esters is 1. The number of aromatic nitrogens is 1. The Morgan fingerprint density at radius 2 is 2.04 bits per heavy atom. The zero-order valence-corrected chi connectivity index (χ0v) is 13.4. The molecule has 24 heavy (non-hydrogen) atoms. The molecular formula is C19H19NO4. The molecule has 0 aliphatic carbocycles. The van der Waals surface area contributed by atoms with Crippen molar-refractivity contribution in [2.75, 3.05) is 13.7 Å². The minimum absolute atomic E-state index is 0.00422. The summed E-state index contributed by atoms with van der Waals surface area (Å²) < 4.78 is 12.6. The standard InChI is InChI=1S/C19H19NO4/c1-23-19(22)16-6-5-15-7-8-20(18(15)12-16)9-10-24-17-4-2-3-14(11-17)13-21/h2-8,11-12,21H,9-10,13H2,1H3. The van der Waals surface area contributed by atoms with Gasteiger partial charge in [0.15, 0.2) is 0 Å². The van der Waals surface area contributed by atoms with E-state index < -0.39 is 0 Å². The third kappa shape index (κ3) is 3.41. The van der Waals surface area contributed by atoms with Crippen molar-refractivity contribution >= 4 is 16.9 Å². The van der Waals surface area contributed by atoms with Gasteiger partial charge >= 0.3 is 5.97 Å². The molecule has 0 fully saturated rings. The molecule has 0 radical (unpaired) electrons. The smallest absolute Gasteiger partial charge is 0.337 e. The summed E-state index contributed by atoms with van der Waals surface area (Å²) in [6.45, 7) is 1.13. The van der Waals surface area contributed by atoms with Gasteiger partial charge in [-0.2, -0.15) is 0 Å². The molecule has 0 unspecified atom stereocenters. The first-order valence-electron chi connectivity index (χ1n) is 7.71. The van der Waals surface area contributed by atoms with Crippen molar-refractivity contribution in [2.24, 2.45) is 0 Å². The van der Waals surface area contributed by atoms with Crippen LogP contribution in [0.1, 0.15) is 15.9 Å². The first kappa shape index (κ1) is 16.1. The summed E-state index contributed by atoms with van der Waals surface area (Å²) in [5.74, 6) is 0.384. The van der Waals surface area contributed by atoms with E-state index in [0.717, 1.165) is 22.2 Å². The van der Waals surface area contributed by atoms with Crippen LogP contribution in [-0.4, -0.2) is 29.4 Å². The van der Waals surface area contributed by atoms with Gasteiger partial charge in [0.1, 0.15) is 12.4 Å². The average molecular weight is 325 g/mol. The van der Waals surface area contributed by atoms with Gasteiger partial charge in [0.25, 0.3) is 0 Å². The summed E-state index contributed by atoms with van der Waals surface area (Å²) in [4.78, 5) is 11.7. The van der Waals surface area contributed by atoms with Crippen LogP contribution in [-0.2, 0) is 17.9 Å². The molecule has 1 aromatic heterocycles. The highest BCUT2D eigenvalue weighted by molar-refractivity contribution is 5.94. The molecule has 1 heterocycles. The van der Waals surface area contributed by atoms with Crippen molar-refractivity contribution < 1.29 is 19.4 Å². The largest absolute Gasteiger partial charge is 0.492 e. The molecule has 5 heteroatoms. The number of methoxy groups -OCH3 is 1. The molecule has 0 bridgehead atoms. The van der Waals surface area contributed by atoms with Gasteiger partial charge in [0.2, 0.25) is 0 Å². The zero-order valence-electron chi connectivity index (χ0n) is 13.4. The van der Waals surface area contributed by atoms with Crippen molar-refractivity contribution in [3.8, 4) is 5.75 Å². The molecule has 0 amide bonds. The monoisotopic (exact) mass is 325 g/mol. The second kappa shape index (κ2) is 7.19. The average Bonchev–Trinajstić information content (AvgIpc) is 3.03. The lowest BCUT2D eigenvalue weighted by atomic mass is 10.1. The van der Waals surface area contributed by atoms with Gasteiger partial charge in [-0.15, -0.1) is 0 Å². The third-order valence-electron chi connectivity index (χ3n) is 3.88. The minimum Gasteiger partial charge on any atom is -0.492 e. The molecule has 0 saturated carbocycles. The molecule has 124 valence electrons. The van der Waals surface area contributed by atoms with E-state index in [-0.39, 0.29) is 12.6 Å². The van der Waals surface area contributed by atoms with Crippen LogP contribution in [0.5, 0.6) is 5.75 Å². The SMILES string of the molecule is COC(=O)c1ccc2ccn(CCOc3cccc(CO)c3)c2c1. The van der Waals surface area contributed by atoms with Crippen LogP contribution in [0.25, 0.3) is 10.9 Å². The first-order valence-corrected chi connectivity index (χ1v) is 7.71. The highest BCUT2D eigenvalue weighted by Gasteiger charge is 2.08. The van der Waals surface area contributed by atoms with E-state index in [1.54, 1.807) is 6.07 Å². The number of fused-ring (bicyclic) bond motifs is 1. The van der Waals surface area contributed by atoms with Gasteiger partial charge in [-0.3, -0.25) is 0 Å². The number of hydrogen-bond acceptors (Lipinski definition) is 4. The summed E-state index contributed by atoms with van der Waals surface area (Å²) >= 11 is 0. The highest BCUT2D eigenvalue weighted by atomic mass is 16.5. The maximum atomic E-state index is 11.7. The molecule has 3 aromatic rings. The van der Waals surface area contributed by atoms with Crippen molar-refractivity contribution in [1.29, 1.82) is 0 Å². The fraction of sp³-hybridized carbons (Fsp3) is 0.211. The van der Waals surface area contributed by atoms with Crippen LogP contribution in [0.3, 0.4) is 0 Å². The third-order valence-corrected chi connectivity index (χ3v) is 3.88. The molecule has 0 aliphatic heterocycles. The number of carbonyl (C=O) groups excluding carboxylic acids is 1. The van der Waals surface area contributed by atoms with E-state index in [2.05, 4.69) is 0 Å². The molecule has 0 spiro atoms. The minimum atomic E-state index is -0.346. The summed E-state index contributed by atoms with van der Waals surface area (Å²) in [5.41, 5.74) is 2.31. The fourth-order valence-corrected chi connectivity index (χ4v) is 2.62. The quantitative estimate of drug-likeness (QED) is 0.708. The Hall–Kier alpha value is -2.79. The predicted molar refractivity (Wildman–Crippen MR) is 91.1 cm³/mol. The maximum Gasteiger partial charge on any atom is 0.337 e. The summed E-state index contributed by atoms with van der Waals surface area (Å²) in [6, 6.07) is 14.9. The molecule has 0 aliphatic rings. The Morgan fingerprint density at radius 3 is 2.83 bits per heavy atom. The number of aliphatic hydroxyl groups excluding tert-OH is 1. The fourth-order valence-electron chi connectivity index (χ4n) is 2.62.